The van der Waals surface area contributed by atoms with Crippen molar-refractivity contribution in [2.24, 2.45) is 5.41 Å². The zero-order chi connectivity index (χ0) is 10.8. The van der Waals surface area contributed by atoms with E-state index in [9.17, 15) is 9.59 Å². The fourth-order valence-electron chi connectivity index (χ4n) is 1.45. The molecule has 0 aromatic heterocycles. The van der Waals surface area contributed by atoms with Crippen LogP contribution >= 0.6 is 0 Å². The molecule has 1 rings (SSSR count). The number of nitrogens with one attached hydrogen (secondary N) is 1. The van der Waals surface area contributed by atoms with Gasteiger partial charge < -0.3 is 10.2 Å². The van der Waals surface area contributed by atoms with Gasteiger partial charge in [0.2, 0.25) is 11.8 Å². The Morgan fingerprint density at radius 3 is 2.64 bits per heavy atom. The molecule has 1 fully saturated rings. The van der Waals surface area contributed by atoms with Gasteiger partial charge in [0.15, 0.2) is 0 Å². The molecular formula is C10H18N2O2. The van der Waals surface area contributed by atoms with Crippen molar-refractivity contribution < 1.29 is 9.59 Å². The molecule has 0 radical (unpaired) electrons. The van der Waals surface area contributed by atoms with Crippen LogP contribution in [0.15, 0.2) is 0 Å². The van der Waals surface area contributed by atoms with E-state index in [0.717, 1.165) is 6.42 Å². The third kappa shape index (κ3) is 2.72. The van der Waals surface area contributed by atoms with Gasteiger partial charge in [-0.2, -0.15) is 0 Å². The largest absolute Gasteiger partial charge is 0.354 e. The van der Waals surface area contributed by atoms with Crippen molar-refractivity contribution in [3.05, 3.63) is 0 Å². The van der Waals surface area contributed by atoms with Gasteiger partial charge >= 0.3 is 0 Å². The average Bonchev–Trinajstić information content (AvgIpc) is 2.26. The summed E-state index contributed by atoms with van der Waals surface area (Å²) in [6, 6.07) is 0. The van der Waals surface area contributed by atoms with Crippen LogP contribution in [0.1, 0.15) is 27.2 Å². The molecule has 0 atom stereocenters. The minimum absolute atomic E-state index is 0.0505. The first-order valence-electron chi connectivity index (χ1n) is 4.97. The van der Waals surface area contributed by atoms with Crippen LogP contribution < -0.4 is 5.32 Å². The van der Waals surface area contributed by atoms with E-state index >= 15 is 0 Å². The van der Waals surface area contributed by atoms with E-state index in [4.69, 9.17) is 0 Å². The minimum atomic E-state index is -0.398. The lowest BCUT2D eigenvalue weighted by atomic mass is 9.94. The second kappa shape index (κ2) is 3.98. The lowest BCUT2D eigenvalue weighted by molar-refractivity contribution is -0.142. The Morgan fingerprint density at radius 1 is 1.43 bits per heavy atom. The second-order valence-electron chi connectivity index (χ2n) is 4.68. The van der Waals surface area contributed by atoms with E-state index in [1.54, 1.807) is 4.90 Å². The Hall–Kier alpha value is -1.06. The van der Waals surface area contributed by atoms with Crippen LogP contribution in [0, 0.1) is 5.41 Å². The zero-order valence-corrected chi connectivity index (χ0v) is 9.09. The van der Waals surface area contributed by atoms with Crippen molar-refractivity contribution in [1.82, 2.24) is 10.2 Å². The Balaban J connectivity index is 2.66. The Morgan fingerprint density at radius 2 is 2.07 bits per heavy atom. The molecule has 80 valence electrons. The lowest BCUT2D eigenvalue weighted by Crippen LogP contribution is -2.43. The van der Waals surface area contributed by atoms with Gasteiger partial charge in [0, 0.05) is 18.5 Å². The van der Waals surface area contributed by atoms with E-state index in [2.05, 4.69) is 5.32 Å². The van der Waals surface area contributed by atoms with Crippen molar-refractivity contribution in [1.29, 1.82) is 0 Å². The Bertz CT molecular complexity index is 243. The Kier molecular flexibility index (Phi) is 3.13. The summed E-state index contributed by atoms with van der Waals surface area (Å²) in [5.41, 5.74) is -0.398. The molecule has 14 heavy (non-hydrogen) atoms. The summed E-state index contributed by atoms with van der Waals surface area (Å²) in [6.07, 6.45) is 0.841. The highest BCUT2D eigenvalue weighted by Crippen LogP contribution is 2.17. The monoisotopic (exact) mass is 198 g/mol. The SMILES string of the molecule is CC(C)(C)C(=O)N1CCCNC(=O)C1. The molecule has 1 heterocycles. The van der Waals surface area contributed by atoms with Crippen molar-refractivity contribution in [2.75, 3.05) is 19.6 Å². The van der Waals surface area contributed by atoms with Gasteiger partial charge in [0.05, 0.1) is 6.54 Å². The maximum Gasteiger partial charge on any atom is 0.239 e. The van der Waals surface area contributed by atoms with Crippen molar-refractivity contribution in [3.63, 3.8) is 0 Å². The van der Waals surface area contributed by atoms with E-state index in [-0.39, 0.29) is 18.4 Å². The summed E-state index contributed by atoms with van der Waals surface area (Å²) in [6.45, 7) is 7.17. The lowest BCUT2D eigenvalue weighted by Gasteiger charge is -2.27. The highest BCUT2D eigenvalue weighted by molar-refractivity contribution is 5.87. The number of nitrogens with zero attached hydrogens (tertiary/aromatic N) is 1. The summed E-state index contributed by atoms with van der Waals surface area (Å²) >= 11 is 0. The van der Waals surface area contributed by atoms with Gasteiger partial charge in [-0.1, -0.05) is 20.8 Å². The van der Waals surface area contributed by atoms with E-state index in [0.29, 0.717) is 13.1 Å². The molecule has 1 N–H and O–H groups in total. The number of carbonyl (C=O) groups is 2. The zero-order valence-electron chi connectivity index (χ0n) is 9.09. The molecule has 0 bridgehead atoms. The molecule has 4 nitrogen and oxygen atoms in total. The molecule has 1 aliphatic heterocycles. The summed E-state index contributed by atoms with van der Waals surface area (Å²) in [7, 11) is 0. The van der Waals surface area contributed by atoms with E-state index in [1.165, 1.54) is 0 Å². The smallest absolute Gasteiger partial charge is 0.239 e. The molecule has 0 unspecified atom stereocenters. The molecule has 1 aliphatic rings. The highest BCUT2D eigenvalue weighted by Gasteiger charge is 2.29. The molecule has 0 spiro atoms. The van der Waals surface area contributed by atoms with Crippen LogP contribution in [0.4, 0.5) is 0 Å². The number of carbonyl (C=O) groups excluding carboxylic acids is 2. The first kappa shape index (κ1) is 11.0. The van der Waals surface area contributed by atoms with Crippen LogP contribution in [0.3, 0.4) is 0 Å². The standard InChI is InChI=1S/C10H18N2O2/c1-10(2,3)9(14)12-6-4-5-11-8(13)7-12/h4-7H2,1-3H3,(H,11,13). The normalized spacial score (nSPS) is 18.8. The van der Waals surface area contributed by atoms with Crippen molar-refractivity contribution in [3.8, 4) is 0 Å². The van der Waals surface area contributed by atoms with Crippen molar-refractivity contribution >= 4 is 11.8 Å². The van der Waals surface area contributed by atoms with E-state index in [1.807, 2.05) is 20.8 Å². The van der Waals surface area contributed by atoms with Crippen LogP contribution in [-0.2, 0) is 9.59 Å². The van der Waals surface area contributed by atoms with Crippen molar-refractivity contribution in [2.45, 2.75) is 27.2 Å². The highest BCUT2D eigenvalue weighted by atomic mass is 16.2. The summed E-state index contributed by atoms with van der Waals surface area (Å²) in [4.78, 5) is 24.7. The predicted molar refractivity (Wildman–Crippen MR) is 53.7 cm³/mol. The predicted octanol–water partition coefficient (Wildman–Crippen LogP) is 0.381. The van der Waals surface area contributed by atoms with Crippen LogP contribution in [0.2, 0.25) is 0 Å². The number of hydrogen-bond acceptors (Lipinski definition) is 2. The average molecular weight is 198 g/mol. The van der Waals surface area contributed by atoms with Crippen LogP contribution in [0.5, 0.6) is 0 Å². The van der Waals surface area contributed by atoms with E-state index < -0.39 is 5.41 Å². The quantitative estimate of drug-likeness (QED) is 0.612. The molecular weight excluding hydrogens is 180 g/mol. The fraction of sp³-hybridized carbons (Fsp3) is 0.800. The number of hydrogen-bond donors (Lipinski definition) is 1. The van der Waals surface area contributed by atoms with Gasteiger partial charge in [-0.25, -0.2) is 0 Å². The van der Waals surface area contributed by atoms with Gasteiger partial charge in [0.25, 0.3) is 0 Å². The summed E-state index contributed by atoms with van der Waals surface area (Å²) in [5.74, 6) is -0.00495. The first-order chi connectivity index (χ1) is 6.41. The van der Waals surface area contributed by atoms with Gasteiger partial charge in [-0.3, -0.25) is 9.59 Å². The topological polar surface area (TPSA) is 49.4 Å². The molecule has 0 aromatic carbocycles. The maximum atomic E-state index is 11.9. The van der Waals surface area contributed by atoms with Gasteiger partial charge in [-0.15, -0.1) is 0 Å². The number of amides is 2. The van der Waals surface area contributed by atoms with Crippen LogP contribution in [-0.4, -0.2) is 36.3 Å². The summed E-state index contributed by atoms with van der Waals surface area (Å²) < 4.78 is 0. The van der Waals surface area contributed by atoms with Gasteiger partial charge in [-0.05, 0) is 6.42 Å². The molecule has 0 saturated carbocycles. The van der Waals surface area contributed by atoms with Gasteiger partial charge in [0.1, 0.15) is 0 Å². The molecule has 1 saturated heterocycles. The third-order valence-electron chi connectivity index (χ3n) is 2.19. The molecule has 0 aliphatic carbocycles. The fourth-order valence-corrected chi connectivity index (χ4v) is 1.45. The third-order valence-corrected chi connectivity index (χ3v) is 2.19. The second-order valence-corrected chi connectivity index (χ2v) is 4.68. The molecule has 2 amide bonds. The maximum absolute atomic E-state index is 11.9. The van der Waals surface area contributed by atoms with Crippen LogP contribution in [0.25, 0.3) is 0 Å². The molecule has 4 heteroatoms. The number of rotatable bonds is 0. The Labute approximate surface area is 84.7 Å². The molecule has 0 aromatic rings. The summed E-state index contributed by atoms with van der Waals surface area (Å²) in [5, 5.41) is 2.75. The minimum Gasteiger partial charge on any atom is -0.354 e. The first-order valence-corrected chi connectivity index (χ1v) is 4.97.